The van der Waals surface area contributed by atoms with Gasteiger partial charge < -0.3 is 14.7 Å². The van der Waals surface area contributed by atoms with E-state index in [-0.39, 0.29) is 5.91 Å². The summed E-state index contributed by atoms with van der Waals surface area (Å²) in [4.78, 5) is 24.0. The maximum Gasteiger partial charge on any atom is 0.332 e. The van der Waals surface area contributed by atoms with E-state index in [1.807, 2.05) is 0 Å². The van der Waals surface area contributed by atoms with Crippen LogP contribution in [0, 0.1) is 0 Å². The Balaban J connectivity index is 2.30. The van der Waals surface area contributed by atoms with Crippen LogP contribution in [0.25, 0.3) is 0 Å². The third kappa shape index (κ3) is 1.89. The Kier molecular flexibility index (Phi) is 2.85. The van der Waals surface area contributed by atoms with Gasteiger partial charge in [-0.1, -0.05) is 18.2 Å². The predicted octanol–water partition coefficient (Wildman–Crippen LogP) is 1.26. The van der Waals surface area contributed by atoms with E-state index in [0.29, 0.717) is 11.1 Å². The van der Waals surface area contributed by atoms with Gasteiger partial charge in [0, 0.05) is 18.2 Å². The molecule has 1 N–H and O–H groups in total. The molecule has 0 fully saturated rings. The zero-order valence-corrected chi connectivity index (χ0v) is 9.58. The minimum absolute atomic E-state index is 0.150. The SMILES string of the molecule is C[C@@H](O[C@H]1c2ccccc2C(=O)N1C)C(=O)O. The van der Waals surface area contributed by atoms with E-state index in [9.17, 15) is 9.59 Å². The molecule has 5 heteroatoms. The number of carbonyl (C=O) groups is 2. The molecule has 0 saturated carbocycles. The molecule has 1 amide bonds. The summed E-state index contributed by atoms with van der Waals surface area (Å²) < 4.78 is 5.39. The first-order valence-electron chi connectivity index (χ1n) is 5.26. The Morgan fingerprint density at radius 1 is 1.47 bits per heavy atom. The number of aliphatic carboxylic acids is 1. The van der Waals surface area contributed by atoms with Gasteiger partial charge in [0.1, 0.15) is 0 Å². The fraction of sp³-hybridized carbons (Fsp3) is 0.333. The molecule has 0 spiro atoms. The molecule has 1 heterocycles. The molecular weight excluding hydrogens is 222 g/mol. The molecule has 90 valence electrons. The first kappa shape index (κ1) is 11.6. The highest BCUT2D eigenvalue weighted by molar-refractivity contribution is 5.98. The van der Waals surface area contributed by atoms with E-state index in [2.05, 4.69) is 0 Å². The van der Waals surface area contributed by atoms with E-state index in [4.69, 9.17) is 9.84 Å². The Hall–Kier alpha value is -1.88. The Morgan fingerprint density at radius 3 is 2.76 bits per heavy atom. The zero-order chi connectivity index (χ0) is 12.6. The number of fused-ring (bicyclic) bond motifs is 1. The van der Waals surface area contributed by atoms with Crippen molar-refractivity contribution in [2.24, 2.45) is 0 Å². The first-order chi connectivity index (χ1) is 8.02. The zero-order valence-electron chi connectivity index (χ0n) is 9.58. The normalized spacial score (nSPS) is 20.2. The van der Waals surface area contributed by atoms with Gasteiger partial charge in [-0.3, -0.25) is 4.79 Å². The lowest BCUT2D eigenvalue weighted by Crippen LogP contribution is -2.30. The fourth-order valence-corrected chi connectivity index (χ4v) is 1.83. The molecule has 1 aliphatic heterocycles. The smallest absolute Gasteiger partial charge is 0.332 e. The van der Waals surface area contributed by atoms with Crippen LogP contribution in [0.4, 0.5) is 0 Å². The van der Waals surface area contributed by atoms with Gasteiger partial charge in [0.2, 0.25) is 0 Å². The molecule has 0 aromatic heterocycles. The van der Waals surface area contributed by atoms with Crippen molar-refractivity contribution >= 4 is 11.9 Å². The largest absolute Gasteiger partial charge is 0.479 e. The standard InChI is InChI=1S/C12H13NO4/c1-7(12(15)16)17-11-9-6-4-3-5-8(9)10(14)13(11)2/h3-7,11H,1-2H3,(H,15,16)/t7-,11+/m1/s1. The van der Waals surface area contributed by atoms with Crippen LogP contribution in [-0.4, -0.2) is 35.0 Å². The van der Waals surface area contributed by atoms with E-state index >= 15 is 0 Å². The van der Waals surface area contributed by atoms with E-state index < -0.39 is 18.3 Å². The third-order valence-corrected chi connectivity index (χ3v) is 2.81. The van der Waals surface area contributed by atoms with Gasteiger partial charge in [-0.05, 0) is 13.0 Å². The Morgan fingerprint density at radius 2 is 2.12 bits per heavy atom. The molecular formula is C12H13NO4. The summed E-state index contributed by atoms with van der Waals surface area (Å²) in [5.41, 5.74) is 1.28. The maximum absolute atomic E-state index is 11.9. The second-order valence-electron chi connectivity index (χ2n) is 3.97. The van der Waals surface area contributed by atoms with Gasteiger partial charge in [-0.25, -0.2) is 4.79 Å². The molecule has 1 aromatic rings. The minimum Gasteiger partial charge on any atom is -0.479 e. The van der Waals surface area contributed by atoms with Crippen LogP contribution in [0.2, 0.25) is 0 Å². The van der Waals surface area contributed by atoms with Crippen LogP contribution in [0.3, 0.4) is 0 Å². The van der Waals surface area contributed by atoms with Gasteiger partial charge in [-0.15, -0.1) is 0 Å². The molecule has 17 heavy (non-hydrogen) atoms. The van der Waals surface area contributed by atoms with Crippen molar-refractivity contribution in [2.75, 3.05) is 7.05 Å². The van der Waals surface area contributed by atoms with Crippen molar-refractivity contribution in [3.8, 4) is 0 Å². The molecule has 5 nitrogen and oxygen atoms in total. The van der Waals surface area contributed by atoms with Crippen LogP contribution in [0.1, 0.15) is 29.1 Å². The van der Waals surface area contributed by atoms with Gasteiger partial charge in [-0.2, -0.15) is 0 Å². The van der Waals surface area contributed by atoms with Gasteiger partial charge in [0.15, 0.2) is 12.3 Å². The summed E-state index contributed by atoms with van der Waals surface area (Å²) >= 11 is 0. The lowest BCUT2D eigenvalue weighted by molar-refractivity contribution is -0.158. The molecule has 1 aliphatic rings. The second kappa shape index (κ2) is 4.18. The van der Waals surface area contributed by atoms with Crippen molar-refractivity contribution in [3.63, 3.8) is 0 Å². The van der Waals surface area contributed by atoms with Gasteiger partial charge >= 0.3 is 5.97 Å². The number of ether oxygens (including phenoxy) is 1. The highest BCUT2D eigenvalue weighted by atomic mass is 16.5. The second-order valence-corrected chi connectivity index (χ2v) is 3.97. The number of rotatable bonds is 3. The molecule has 0 saturated heterocycles. The van der Waals surface area contributed by atoms with Crippen LogP contribution in [-0.2, 0) is 9.53 Å². The maximum atomic E-state index is 11.9. The Labute approximate surface area is 98.6 Å². The van der Waals surface area contributed by atoms with Crippen LogP contribution >= 0.6 is 0 Å². The van der Waals surface area contributed by atoms with Crippen molar-refractivity contribution < 1.29 is 19.4 Å². The van der Waals surface area contributed by atoms with Crippen LogP contribution in [0.15, 0.2) is 24.3 Å². The van der Waals surface area contributed by atoms with Crippen molar-refractivity contribution in [1.29, 1.82) is 0 Å². The lowest BCUT2D eigenvalue weighted by Gasteiger charge is -2.23. The van der Waals surface area contributed by atoms with E-state index in [1.54, 1.807) is 31.3 Å². The summed E-state index contributed by atoms with van der Waals surface area (Å²) in [6, 6.07) is 7.06. The number of carboxylic acids is 1. The summed E-state index contributed by atoms with van der Waals surface area (Å²) in [6.07, 6.45) is -1.58. The van der Waals surface area contributed by atoms with Gasteiger partial charge in [0.05, 0.1) is 0 Å². The number of carboxylic acid groups (broad SMARTS) is 1. The van der Waals surface area contributed by atoms with Crippen LogP contribution < -0.4 is 0 Å². The third-order valence-electron chi connectivity index (χ3n) is 2.81. The van der Waals surface area contributed by atoms with Gasteiger partial charge in [0.25, 0.3) is 5.91 Å². The number of carbonyl (C=O) groups excluding carboxylic acids is 1. The predicted molar refractivity (Wildman–Crippen MR) is 59.5 cm³/mol. The summed E-state index contributed by atoms with van der Waals surface area (Å²) in [6.45, 7) is 1.45. The average Bonchev–Trinajstić information content (AvgIpc) is 2.55. The summed E-state index contributed by atoms with van der Waals surface area (Å²) in [5.74, 6) is -1.20. The average molecular weight is 235 g/mol. The number of nitrogens with zero attached hydrogens (tertiary/aromatic N) is 1. The molecule has 0 radical (unpaired) electrons. The number of hydrogen-bond acceptors (Lipinski definition) is 3. The van der Waals surface area contributed by atoms with Crippen molar-refractivity contribution in [2.45, 2.75) is 19.3 Å². The molecule has 0 aliphatic carbocycles. The first-order valence-corrected chi connectivity index (χ1v) is 5.26. The quantitative estimate of drug-likeness (QED) is 0.856. The highest BCUT2D eigenvalue weighted by Crippen LogP contribution is 2.33. The monoisotopic (exact) mass is 235 g/mol. The highest BCUT2D eigenvalue weighted by Gasteiger charge is 2.36. The summed E-state index contributed by atoms with van der Waals surface area (Å²) in [7, 11) is 1.60. The molecule has 1 aromatic carbocycles. The number of hydrogen-bond donors (Lipinski definition) is 1. The molecule has 0 bridgehead atoms. The number of amides is 1. The Bertz CT molecular complexity index is 471. The van der Waals surface area contributed by atoms with Crippen LogP contribution in [0.5, 0.6) is 0 Å². The molecule has 2 rings (SSSR count). The van der Waals surface area contributed by atoms with Crippen molar-refractivity contribution in [1.82, 2.24) is 4.90 Å². The molecule has 2 atom stereocenters. The van der Waals surface area contributed by atoms with E-state index in [0.717, 1.165) is 0 Å². The van der Waals surface area contributed by atoms with E-state index in [1.165, 1.54) is 11.8 Å². The topological polar surface area (TPSA) is 66.8 Å². The lowest BCUT2D eigenvalue weighted by atomic mass is 10.1. The summed E-state index contributed by atoms with van der Waals surface area (Å²) in [5, 5.41) is 8.81. The number of benzene rings is 1. The van der Waals surface area contributed by atoms with Crippen molar-refractivity contribution in [3.05, 3.63) is 35.4 Å². The minimum atomic E-state index is -1.05. The molecule has 0 unspecified atom stereocenters. The fourth-order valence-electron chi connectivity index (χ4n) is 1.83.